The molecule has 0 saturated carbocycles. The average molecular weight is 176 g/mol. The van der Waals surface area contributed by atoms with E-state index in [4.69, 9.17) is 0 Å². The Hall–Kier alpha value is -0.940. The molecule has 0 aromatic rings. The predicted molar refractivity (Wildman–Crippen MR) is 25.5 cm³/mol. The lowest BCUT2D eigenvalue weighted by atomic mass is 10.4. The summed E-state index contributed by atoms with van der Waals surface area (Å²) in [7, 11) is 0. The zero-order valence-corrected chi connectivity index (χ0v) is 4.92. The minimum atomic E-state index is -3.29. The molecule has 0 saturated heterocycles. The molecule has 0 fully saturated rings. The largest absolute Gasteiger partial charge is 0.308 e. The highest BCUT2D eigenvalue weighted by atomic mass is 19.3. The standard InChI is InChI=1S/C5H2F6/c6-2(1-3(7)8)4(9)5(10)11/h1,3H. The molecule has 0 atom stereocenters. The first-order chi connectivity index (χ1) is 4.95. The number of rotatable bonds is 2. The fraction of sp³-hybridized carbons (Fsp3) is 0.200. The highest BCUT2D eigenvalue weighted by Crippen LogP contribution is 2.20. The SMILES string of the molecule is FC(=CC(F)F)C(F)=C(F)F. The average Bonchev–Trinajstić information content (AvgIpc) is 1.84. The van der Waals surface area contributed by atoms with Crippen molar-refractivity contribution < 1.29 is 26.3 Å². The third kappa shape index (κ3) is 3.69. The van der Waals surface area contributed by atoms with E-state index in [1.165, 1.54) is 0 Å². The molecule has 0 aliphatic rings. The Balaban J connectivity index is 4.50. The van der Waals surface area contributed by atoms with Crippen LogP contribution in [0.5, 0.6) is 0 Å². The summed E-state index contributed by atoms with van der Waals surface area (Å²) in [6, 6.07) is 0. The van der Waals surface area contributed by atoms with Crippen LogP contribution in [-0.4, -0.2) is 6.43 Å². The summed E-state index contributed by atoms with van der Waals surface area (Å²) in [4.78, 5) is 0. The molecule has 0 rings (SSSR count). The minimum absolute atomic E-state index is 0.547. The molecule has 0 aromatic carbocycles. The molecular weight excluding hydrogens is 174 g/mol. The normalized spacial score (nSPS) is 12.1. The summed E-state index contributed by atoms with van der Waals surface area (Å²) in [5.74, 6) is -4.80. The van der Waals surface area contributed by atoms with Crippen LogP contribution in [0.2, 0.25) is 0 Å². The molecule has 0 spiro atoms. The highest BCUT2D eigenvalue weighted by molar-refractivity contribution is 5.19. The van der Waals surface area contributed by atoms with Gasteiger partial charge in [-0.2, -0.15) is 13.2 Å². The van der Waals surface area contributed by atoms with E-state index in [9.17, 15) is 26.3 Å². The quantitative estimate of drug-likeness (QED) is 0.447. The minimum Gasteiger partial charge on any atom is -0.206 e. The van der Waals surface area contributed by atoms with Gasteiger partial charge in [0.1, 0.15) is 0 Å². The maximum absolute atomic E-state index is 11.8. The topological polar surface area (TPSA) is 0 Å². The summed E-state index contributed by atoms with van der Waals surface area (Å²) in [5, 5.41) is 0. The Morgan fingerprint density at radius 2 is 1.45 bits per heavy atom. The van der Waals surface area contributed by atoms with Gasteiger partial charge in [-0.05, 0) is 0 Å². The zero-order valence-electron chi connectivity index (χ0n) is 4.92. The second-order valence-electron chi connectivity index (χ2n) is 1.42. The van der Waals surface area contributed by atoms with Crippen LogP contribution in [0.15, 0.2) is 23.8 Å². The van der Waals surface area contributed by atoms with Crippen LogP contribution in [0.3, 0.4) is 0 Å². The van der Waals surface area contributed by atoms with Crippen molar-refractivity contribution >= 4 is 0 Å². The second kappa shape index (κ2) is 4.05. The maximum atomic E-state index is 11.8. The van der Waals surface area contributed by atoms with Crippen LogP contribution in [0.4, 0.5) is 26.3 Å². The number of allylic oxidation sites excluding steroid dienone is 3. The van der Waals surface area contributed by atoms with Crippen LogP contribution in [0, 0.1) is 0 Å². The van der Waals surface area contributed by atoms with Crippen molar-refractivity contribution in [2.45, 2.75) is 6.43 Å². The van der Waals surface area contributed by atoms with Crippen molar-refractivity contribution in [2.75, 3.05) is 0 Å². The first-order valence-electron chi connectivity index (χ1n) is 2.31. The monoisotopic (exact) mass is 176 g/mol. The first-order valence-corrected chi connectivity index (χ1v) is 2.31. The third-order valence-corrected chi connectivity index (χ3v) is 0.648. The molecule has 0 unspecified atom stereocenters. The van der Waals surface area contributed by atoms with Crippen molar-refractivity contribution in [3.63, 3.8) is 0 Å². The molecule has 0 heterocycles. The van der Waals surface area contributed by atoms with E-state index in [1.807, 2.05) is 0 Å². The van der Waals surface area contributed by atoms with E-state index < -0.39 is 30.2 Å². The van der Waals surface area contributed by atoms with E-state index in [0.717, 1.165) is 0 Å². The number of alkyl halides is 2. The molecule has 0 aromatic heterocycles. The van der Waals surface area contributed by atoms with Crippen molar-refractivity contribution in [1.82, 2.24) is 0 Å². The number of hydrogen-bond acceptors (Lipinski definition) is 0. The predicted octanol–water partition coefficient (Wildman–Crippen LogP) is 3.18. The lowest BCUT2D eigenvalue weighted by molar-refractivity contribution is 0.200. The second-order valence-corrected chi connectivity index (χ2v) is 1.42. The van der Waals surface area contributed by atoms with Crippen molar-refractivity contribution in [3.8, 4) is 0 Å². The Morgan fingerprint density at radius 1 is 1.00 bits per heavy atom. The van der Waals surface area contributed by atoms with E-state index >= 15 is 0 Å². The van der Waals surface area contributed by atoms with Crippen LogP contribution in [-0.2, 0) is 0 Å². The van der Waals surface area contributed by atoms with Gasteiger partial charge >= 0.3 is 6.08 Å². The summed E-state index contributed by atoms with van der Waals surface area (Å²) >= 11 is 0. The number of halogens is 6. The Labute approximate surface area is 57.8 Å². The van der Waals surface area contributed by atoms with Crippen LogP contribution in [0.1, 0.15) is 0 Å². The van der Waals surface area contributed by atoms with Gasteiger partial charge in [-0.25, -0.2) is 13.2 Å². The first kappa shape index (κ1) is 10.1. The molecular formula is C5H2F6. The smallest absolute Gasteiger partial charge is 0.206 e. The molecule has 0 amide bonds. The van der Waals surface area contributed by atoms with Gasteiger partial charge in [0.2, 0.25) is 5.83 Å². The van der Waals surface area contributed by atoms with Gasteiger partial charge in [-0.1, -0.05) is 0 Å². The number of hydrogen-bond donors (Lipinski definition) is 0. The van der Waals surface area contributed by atoms with Crippen molar-refractivity contribution in [2.24, 2.45) is 0 Å². The van der Waals surface area contributed by atoms with Crippen LogP contribution >= 0.6 is 0 Å². The van der Waals surface area contributed by atoms with E-state index in [1.54, 1.807) is 0 Å². The zero-order chi connectivity index (χ0) is 9.02. The van der Waals surface area contributed by atoms with Gasteiger partial charge in [0.05, 0.1) is 0 Å². The van der Waals surface area contributed by atoms with Gasteiger partial charge in [0.25, 0.3) is 6.43 Å². The molecule has 0 nitrogen and oxygen atoms in total. The Bertz CT molecular complexity index is 187. The van der Waals surface area contributed by atoms with E-state index in [2.05, 4.69) is 0 Å². The van der Waals surface area contributed by atoms with Crippen LogP contribution < -0.4 is 0 Å². The summed E-state index contributed by atoms with van der Waals surface area (Å²) in [5.41, 5.74) is 0. The fourth-order valence-electron chi connectivity index (χ4n) is 0.274. The molecule has 0 N–H and O–H groups in total. The van der Waals surface area contributed by atoms with E-state index in [0.29, 0.717) is 0 Å². The third-order valence-electron chi connectivity index (χ3n) is 0.648. The molecule has 6 heteroatoms. The lowest BCUT2D eigenvalue weighted by Crippen LogP contribution is -1.86. The molecule has 0 bridgehead atoms. The van der Waals surface area contributed by atoms with Crippen molar-refractivity contribution in [3.05, 3.63) is 23.8 Å². The van der Waals surface area contributed by atoms with Gasteiger partial charge < -0.3 is 0 Å². The van der Waals surface area contributed by atoms with Gasteiger partial charge in [-0.3, -0.25) is 0 Å². The molecule has 11 heavy (non-hydrogen) atoms. The summed E-state index contributed by atoms with van der Waals surface area (Å²) in [6.07, 6.45) is -6.80. The van der Waals surface area contributed by atoms with Gasteiger partial charge in [-0.15, -0.1) is 0 Å². The molecule has 0 radical (unpaired) electrons. The Kier molecular flexibility index (Phi) is 3.70. The highest BCUT2D eigenvalue weighted by Gasteiger charge is 2.13. The molecule has 0 aliphatic carbocycles. The summed E-state index contributed by atoms with van der Waals surface area (Å²) < 4.78 is 67.9. The lowest BCUT2D eigenvalue weighted by Gasteiger charge is -1.90. The van der Waals surface area contributed by atoms with E-state index in [-0.39, 0.29) is 0 Å². The summed E-state index contributed by atoms with van der Waals surface area (Å²) in [6.45, 7) is 0. The molecule has 0 aliphatic heterocycles. The van der Waals surface area contributed by atoms with Crippen molar-refractivity contribution in [1.29, 1.82) is 0 Å². The van der Waals surface area contributed by atoms with Crippen LogP contribution in [0.25, 0.3) is 0 Å². The van der Waals surface area contributed by atoms with Gasteiger partial charge in [0, 0.05) is 6.08 Å². The van der Waals surface area contributed by atoms with Gasteiger partial charge in [0.15, 0.2) is 5.83 Å². The maximum Gasteiger partial charge on any atom is 0.308 e. The molecule has 64 valence electrons. The Morgan fingerprint density at radius 3 is 1.73 bits per heavy atom. The fourth-order valence-corrected chi connectivity index (χ4v) is 0.274.